The highest BCUT2D eigenvalue weighted by Gasteiger charge is 2.48. The van der Waals surface area contributed by atoms with Crippen molar-refractivity contribution in [1.29, 1.82) is 0 Å². The van der Waals surface area contributed by atoms with Crippen molar-refractivity contribution in [2.24, 2.45) is 0 Å². The minimum atomic E-state index is -0.00996. The lowest BCUT2D eigenvalue weighted by atomic mass is 9.33. The Hall–Kier alpha value is -6.06. The van der Waals surface area contributed by atoms with Gasteiger partial charge in [0.2, 0.25) is 0 Å². The molecular weight excluding hydrogens is 880 g/mol. The highest BCUT2D eigenvalue weighted by molar-refractivity contribution is 7.00. The number of anilines is 6. The molecule has 7 aromatic rings. The molecule has 2 heterocycles. The maximum Gasteiger partial charge on any atom is 0.252 e. The van der Waals surface area contributed by atoms with Crippen LogP contribution in [-0.4, -0.2) is 6.71 Å². The molecule has 0 saturated carbocycles. The van der Waals surface area contributed by atoms with E-state index in [0.29, 0.717) is 0 Å². The Kier molecular flexibility index (Phi) is 10.6. The van der Waals surface area contributed by atoms with Gasteiger partial charge in [-0.25, -0.2) is 0 Å². The second-order valence-electron chi connectivity index (χ2n) is 27.1. The first-order valence-corrected chi connectivity index (χ1v) is 27.7. The van der Waals surface area contributed by atoms with E-state index in [0.717, 1.165) is 0 Å². The summed E-state index contributed by atoms with van der Waals surface area (Å²) in [6.07, 6.45) is 9.48. The average Bonchev–Trinajstić information content (AvgIpc) is 3.36. The lowest BCUT2D eigenvalue weighted by molar-refractivity contribution is 0.332. The Balaban J connectivity index is 1.20. The third kappa shape index (κ3) is 7.55. The number of hydrogen-bond donors (Lipinski definition) is 0. The van der Waals surface area contributed by atoms with Crippen LogP contribution in [0.2, 0.25) is 0 Å². The molecule has 5 aliphatic rings. The second kappa shape index (κ2) is 16.2. The fourth-order valence-corrected chi connectivity index (χ4v) is 14.2. The van der Waals surface area contributed by atoms with E-state index in [1.54, 1.807) is 0 Å². The van der Waals surface area contributed by atoms with Gasteiger partial charge in [-0.15, -0.1) is 0 Å². The summed E-state index contributed by atoms with van der Waals surface area (Å²) >= 11 is 0. The number of aryl methyl sites for hydroxylation is 2. The van der Waals surface area contributed by atoms with Crippen LogP contribution in [0.25, 0.3) is 11.6 Å². The predicted molar refractivity (Wildman–Crippen MR) is 316 cm³/mol. The summed E-state index contributed by atoms with van der Waals surface area (Å²) in [5.41, 5.74) is 28.9. The van der Waals surface area contributed by atoms with Crippen molar-refractivity contribution in [3.63, 3.8) is 0 Å². The predicted octanol–water partition coefficient (Wildman–Crippen LogP) is 17.0. The van der Waals surface area contributed by atoms with Crippen molar-refractivity contribution < 1.29 is 0 Å². The van der Waals surface area contributed by atoms with Crippen molar-refractivity contribution in [3.8, 4) is 0 Å². The van der Waals surface area contributed by atoms with E-state index in [9.17, 15) is 0 Å². The van der Waals surface area contributed by atoms with Crippen LogP contribution in [0.1, 0.15) is 183 Å². The highest BCUT2D eigenvalue weighted by Crippen LogP contribution is 2.54. The van der Waals surface area contributed by atoms with Crippen LogP contribution in [-0.2, 0) is 32.5 Å². The fraction of sp³-hybridized carbons (Fsp3) is 0.371. The molecule has 0 N–H and O–H groups in total. The van der Waals surface area contributed by atoms with Crippen LogP contribution in [0, 0.1) is 13.8 Å². The van der Waals surface area contributed by atoms with Crippen LogP contribution < -0.4 is 26.2 Å². The van der Waals surface area contributed by atoms with Gasteiger partial charge >= 0.3 is 0 Å². The highest BCUT2D eigenvalue weighted by atomic mass is 15.2. The molecule has 12 rings (SSSR count). The number of rotatable bonds is 5. The molecule has 0 spiro atoms. The maximum absolute atomic E-state index is 2.72. The van der Waals surface area contributed by atoms with E-state index >= 15 is 0 Å². The molecule has 0 unspecified atom stereocenters. The average molecular weight is 957 g/mol. The molecule has 3 heteroatoms. The quantitative estimate of drug-likeness (QED) is 0.125. The normalized spacial score (nSPS) is 20.0. The van der Waals surface area contributed by atoms with Gasteiger partial charge in [0.05, 0.1) is 0 Å². The third-order valence-electron chi connectivity index (χ3n) is 19.2. The van der Waals surface area contributed by atoms with E-state index < -0.39 is 0 Å². The van der Waals surface area contributed by atoms with Gasteiger partial charge in [0, 0.05) is 34.1 Å². The van der Waals surface area contributed by atoms with Gasteiger partial charge in [-0.05, 0) is 217 Å². The molecule has 73 heavy (non-hydrogen) atoms. The zero-order valence-corrected chi connectivity index (χ0v) is 46.5. The maximum atomic E-state index is 2.72. The van der Waals surface area contributed by atoms with E-state index in [1.165, 1.54) is 156 Å². The first-order valence-electron chi connectivity index (χ1n) is 27.7. The Morgan fingerprint density at radius 1 is 0.397 bits per heavy atom. The van der Waals surface area contributed by atoms with E-state index in [2.05, 4.69) is 246 Å². The summed E-state index contributed by atoms with van der Waals surface area (Å²) < 4.78 is 0. The van der Waals surface area contributed by atoms with Crippen LogP contribution >= 0.6 is 0 Å². The lowest BCUT2D eigenvalue weighted by Gasteiger charge is -2.48. The topological polar surface area (TPSA) is 6.48 Å². The second-order valence-corrected chi connectivity index (χ2v) is 27.1. The SMILES string of the molecule is Cc1cc2c3c(c1)N(c1cc4c(cc1C)C(C)(C)CCC4(C)C)c1ccc(/C(=C\c4ccccc4)c4ccccc4)cc1B3c1cc3c(cc1N2c1ccc2c(c1)C(C)(C)CCC2(C)C)C(C)(C)CCC3(C)C. The Labute approximate surface area is 439 Å². The molecule has 0 amide bonds. The van der Waals surface area contributed by atoms with Crippen LogP contribution in [0.15, 0.2) is 133 Å². The number of benzene rings is 7. The van der Waals surface area contributed by atoms with Crippen molar-refractivity contribution in [2.45, 2.75) is 168 Å². The number of hydrogen-bond acceptors (Lipinski definition) is 2. The molecule has 370 valence electrons. The molecule has 2 nitrogen and oxygen atoms in total. The van der Waals surface area contributed by atoms with Crippen molar-refractivity contribution >= 4 is 68.9 Å². The van der Waals surface area contributed by atoms with Gasteiger partial charge in [0.15, 0.2) is 0 Å². The molecule has 0 saturated heterocycles. The minimum absolute atomic E-state index is 0.00996. The molecule has 0 fully saturated rings. The number of nitrogens with zero attached hydrogens (tertiary/aromatic N) is 2. The molecule has 0 aromatic heterocycles. The Bertz CT molecular complexity index is 3430. The van der Waals surface area contributed by atoms with Crippen molar-refractivity contribution in [2.75, 3.05) is 9.80 Å². The Morgan fingerprint density at radius 3 is 1.47 bits per heavy atom. The number of fused-ring (bicyclic) bond motifs is 7. The van der Waals surface area contributed by atoms with Gasteiger partial charge in [-0.1, -0.05) is 174 Å². The monoisotopic (exact) mass is 957 g/mol. The molecular formula is C70H77BN2. The van der Waals surface area contributed by atoms with Crippen molar-refractivity contribution in [3.05, 3.63) is 195 Å². The largest absolute Gasteiger partial charge is 0.311 e. The van der Waals surface area contributed by atoms with Crippen LogP contribution in [0.5, 0.6) is 0 Å². The fourth-order valence-electron chi connectivity index (χ4n) is 14.2. The van der Waals surface area contributed by atoms with Crippen LogP contribution in [0.3, 0.4) is 0 Å². The Morgan fingerprint density at radius 2 is 0.877 bits per heavy atom. The van der Waals surface area contributed by atoms with Crippen molar-refractivity contribution in [1.82, 2.24) is 0 Å². The van der Waals surface area contributed by atoms with Gasteiger partial charge < -0.3 is 9.80 Å². The zero-order valence-electron chi connectivity index (χ0n) is 46.5. The summed E-state index contributed by atoms with van der Waals surface area (Å²) in [7, 11) is 0. The molecule has 7 aromatic carbocycles. The van der Waals surface area contributed by atoms with E-state index in [1.807, 2.05) is 0 Å². The lowest BCUT2D eigenvalue weighted by Crippen LogP contribution is -2.62. The molecule has 0 atom stereocenters. The van der Waals surface area contributed by atoms with E-state index in [4.69, 9.17) is 0 Å². The van der Waals surface area contributed by atoms with Gasteiger partial charge in [-0.2, -0.15) is 0 Å². The smallest absolute Gasteiger partial charge is 0.252 e. The van der Waals surface area contributed by atoms with E-state index in [-0.39, 0.29) is 39.2 Å². The summed E-state index contributed by atoms with van der Waals surface area (Å²) in [4.78, 5) is 5.42. The summed E-state index contributed by atoms with van der Waals surface area (Å²) in [5, 5.41) is 0. The zero-order chi connectivity index (χ0) is 51.4. The van der Waals surface area contributed by atoms with Gasteiger partial charge in [0.1, 0.15) is 0 Å². The summed E-state index contributed by atoms with van der Waals surface area (Å²) in [6, 6.07) is 52.6. The van der Waals surface area contributed by atoms with Crippen LogP contribution in [0.4, 0.5) is 34.1 Å². The molecule has 3 aliphatic carbocycles. The first kappa shape index (κ1) is 47.9. The summed E-state index contributed by atoms with van der Waals surface area (Å²) in [5.74, 6) is 0. The third-order valence-corrected chi connectivity index (χ3v) is 19.2. The minimum Gasteiger partial charge on any atom is -0.311 e. The summed E-state index contributed by atoms with van der Waals surface area (Å²) in [6.45, 7) is 34.4. The molecule has 0 bridgehead atoms. The van der Waals surface area contributed by atoms with Gasteiger partial charge in [0.25, 0.3) is 6.71 Å². The van der Waals surface area contributed by atoms with Gasteiger partial charge in [-0.3, -0.25) is 0 Å². The standard InChI is InChI=1S/C70H77BN2/c1-44-35-62-64-63(36-44)73(60-42-55-52(37-45(60)2)66(5,6)31-33-69(55,11)12)59-28-25-48(50(47-23-19-16-20-24-47)38-46-21-17-15-18-22-46)39-57(59)71(64)58-41-54-56(70(13,14)34-32-68(54,9)10)43-61(58)72(62)49-26-27-51-53(40-49)67(7,8)30-29-65(51,3)4/h15-28,35-43H,29-34H2,1-14H3/b50-38-. The first-order chi connectivity index (χ1) is 34.5. The molecule has 2 aliphatic heterocycles. The molecule has 0 radical (unpaired) electrons.